The van der Waals surface area contributed by atoms with Crippen LogP contribution in [0.4, 0.5) is 0 Å². The fourth-order valence-corrected chi connectivity index (χ4v) is 1.36. The average Bonchev–Trinajstić information content (AvgIpc) is 2.30. The lowest BCUT2D eigenvalue weighted by Crippen LogP contribution is -2.33. The maximum atomic E-state index is 9.26. The summed E-state index contributed by atoms with van der Waals surface area (Å²) in [5, 5.41) is 18.5. The van der Waals surface area contributed by atoms with Gasteiger partial charge in [0.05, 0.1) is 6.10 Å². The maximum absolute atomic E-state index is 9.26. The van der Waals surface area contributed by atoms with E-state index in [4.69, 9.17) is 9.47 Å². The molecule has 1 aliphatic heterocycles. The first kappa shape index (κ1) is 9.28. The monoisotopic (exact) mass is 180 g/mol. The van der Waals surface area contributed by atoms with E-state index in [1.54, 1.807) is 0 Å². The molecule has 0 bridgehead atoms. The maximum Gasteiger partial charge on any atom is 0.186 e. The Morgan fingerprint density at radius 1 is 1.45 bits per heavy atom. The summed E-state index contributed by atoms with van der Waals surface area (Å²) in [5.41, 5.74) is 0. The van der Waals surface area contributed by atoms with E-state index in [1.807, 2.05) is 0 Å². The molecule has 0 aromatic rings. The average molecular weight is 180 g/mol. The Hall–Kier alpha value is 0.190. The van der Waals surface area contributed by atoms with Gasteiger partial charge in [-0.15, -0.1) is 0 Å². The van der Waals surface area contributed by atoms with Gasteiger partial charge in [-0.05, 0) is 0 Å². The van der Waals surface area contributed by atoms with Crippen LogP contribution in [0.3, 0.4) is 0 Å². The number of thiol groups is 1. The fourth-order valence-electron chi connectivity index (χ4n) is 1.06. The van der Waals surface area contributed by atoms with Crippen LogP contribution in [0.2, 0.25) is 0 Å². The molecule has 1 heterocycles. The Labute approximate surface area is 70.5 Å². The van der Waals surface area contributed by atoms with Crippen molar-refractivity contribution in [2.45, 2.75) is 24.6 Å². The Morgan fingerprint density at radius 2 is 2.09 bits per heavy atom. The molecule has 1 aliphatic rings. The topological polar surface area (TPSA) is 58.9 Å². The van der Waals surface area contributed by atoms with E-state index in [1.165, 1.54) is 7.11 Å². The third-order valence-corrected chi connectivity index (χ3v) is 2.09. The summed E-state index contributed by atoms with van der Waals surface area (Å²) in [6, 6.07) is 0. The first-order chi connectivity index (χ1) is 5.20. The second-order valence-electron chi connectivity index (χ2n) is 2.44. The molecule has 0 aliphatic carbocycles. The fraction of sp³-hybridized carbons (Fsp3) is 1.00. The highest BCUT2D eigenvalue weighted by molar-refractivity contribution is 7.80. The highest BCUT2D eigenvalue weighted by Gasteiger charge is 2.41. The molecule has 2 N–H and O–H groups in total. The molecule has 4 atom stereocenters. The predicted molar refractivity (Wildman–Crippen MR) is 41.5 cm³/mol. The number of rotatable bonds is 2. The van der Waals surface area contributed by atoms with Gasteiger partial charge in [-0.25, -0.2) is 0 Å². The normalized spacial score (nSPS) is 44.7. The van der Waals surface area contributed by atoms with E-state index in [2.05, 4.69) is 12.6 Å². The summed E-state index contributed by atoms with van der Waals surface area (Å²) in [6.45, 7) is 0. The first-order valence-electron chi connectivity index (χ1n) is 3.36. The van der Waals surface area contributed by atoms with Crippen LogP contribution >= 0.6 is 12.6 Å². The molecule has 1 fully saturated rings. The molecule has 4 nitrogen and oxygen atoms in total. The molecule has 0 spiro atoms. The molecule has 1 saturated heterocycles. The van der Waals surface area contributed by atoms with E-state index >= 15 is 0 Å². The summed E-state index contributed by atoms with van der Waals surface area (Å²) in [7, 11) is 1.42. The zero-order valence-corrected chi connectivity index (χ0v) is 7.07. The highest BCUT2D eigenvalue weighted by atomic mass is 32.1. The van der Waals surface area contributed by atoms with E-state index < -0.39 is 24.6 Å². The number of methoxy groups -OCH3 is 1. The minimum Gasteiger partial charge on any atom is -0.387 e. The summed E-state index contributed by atoms with van der Waals surface area (Å²) in [4.78, 5) is 0. The second kappa shape index (κ2) is 3.73. The largest absolute Gasteiger partial charge is 0.387 e. The lowest BCUT2D eigenvalue weighted by Gasteiger charge is -2.11. The van der Waals surface area contributed by atoms with Crippen LogP contribution in [-0.2, 0) is 9.47 Å². The summed E-state index contributed by atoms with van der Waals surface area (Å²) in [5.74, 6) is 0.373. The Balaban J connectivity index is 2.53. The van der Waals surface area contributed by atoms with Gasteiger partial charge in [-0.2, -0.15) is 12.6 Å². The van der Waals surface area contributed by atoms with Crippen molar-refractivity contribution in [1.82, 2.24) is 0 Å². The van der Waals surface area contributed by atoms with Gasteiger partial charge >= 0.3 is 0 Å². The molecule has 0 aromatic carbocycles. The van der Waals surface area contributed by atoms with E-state index in [0.717, 1.165) is 0 Å². The minimum absolute atomic E-state index is 0.373. The van der Waals surface area contributed by atoms with Gasteiger partial charge in [-0.3, -0.25) is 0 Å². The van der Waals surface area contributed by atoms with Gasteiger partial charge in [0.2, 0.25) is 0 Å². The van der Waals surface area contributed by atoms with E-state index in [-0.39, 0.29) is 0 Å². The highest BCUT2D eigenvalue weighted by Crippen LogP contribution is 2.22. The molecule has 0 saturated carbocycles. The van der Waals surface area contributed by atoms with Crippen LogP contribution in [0.5, 0.6) is 0 Å². The number of aliphatic hydroxyl groups is 2. The van der Waals surface area contributed by atoms with Crippen LogP contribution in [0.15, 0.2) is 0 Å². The minimum atomic E-state index is -0.961. The lowest BCUT2D eigenvalue weighted by atomic mass is 10.2. The third-order valence-electron chi connectivity index (χ3n) is 1.73. The summed E-state index contributed by atoms with van der Waals surface area (Å²) < 4.78 is 9.85. The van der Waals surface area contributed by atoms with Crippen molar-refractivity contribution in [2.24, 2.45) is 0 Å². The van der Waals surface area contributed by atoms with Crippen molar-refractivity contribution >= 4 is 12.6 Å². The Bertz CT molecular complexity index is 114. The van der Waals surface area contributed by atoms with E-state index in [0.29, 0.717) is 5.75 Å². The molecular weight excluding hydrogens is 168 g/mol. The van der Waals surface area contributed by atoms with Gasteiger partial charge in [0.15, 0.2) is 6.29 Å². The van der Waals surface area contributed by atoms with Gasteiger partial charge < -0.3 is 19.7 Å². The van der Waals surface area contributed by atoms with Gasteiger partial charge in [0.1, 0.15) is 12.2 Å². The van der Waals surface area contributed by atoms with Gasteiger partial charge in [0, 0.05) is 12.9 Å². The molecule has 5 heteroatoms. The van der Waals surface area contributed by atoms with Crippen LogP contribution in [0.25, 0.3) is 0 Å². The number of hydrogen-bond acceptors (Lipinski definition) is 5. The smallest absolute Gasteiger partial charge is 0.186 e. The van der Waals surface area contributed by atoms with Crippen molar-refractivity contribution in [2.75, 3.05) is 12.9 Å². The number of aliphatic hydroxyl groups excluding tert-OH is 2. The molecule has 1 rings (SSSR count). The van der Waals surface area contributed by atoms with Crippen LogP contribution in [-0.4, -0.2) is 47.7 Å². The van der Waals surface area contributed by atoms with Gasteiger partial charge in [-0.1, -0.05) is 0 Å². The van der Waals surface area contributed by atoms with E-state index in [9.17, 15) is 10.2 Å². The molecule has 0 radical (unpaired) electrons. The molecule has 1 unspecified atom stereocenters. The number of hydrogen-bond donors (Lipinski definition) is 3. The zero-order chi connectivity index (χ0) is 8.43. The standard InChI is InChI=1S/C6H12O4S/c1-9-6-5(8)4(7)3(2-11)10-6/h3-8,11H,2H2,1H3/t3-,4-,5+,6?/m0/s1. The Morgan fingerprint density at radius 3 is 2.36 bits per heavy atom. The Kier molecular flexibility index (Phi) is 3.15. The molecule has 0 aromatic heterocycles. The predicted octanol–water partition coefficient (Wildman–Crippen LogP) is -0.991. The van der Waals surface area contributed by atoms with Gasteiger partial charge in [0.25, 0.3) is 0 Å². The van der Waals surface area contributed by atoms with Crippen molar-refractivity contribution in [3.05, 3.63) is 0 Å². The first-order valence-corrected chi connectivity index (χ1v) is 3.99. The molecule has 0 amide bonds. The van der Waals surface area contributed by atoms with Crippen molar-refractivity contribution in [3.8, 4) is 0 Å². The quantitative estimate of drug-likeness (QED) is 0.478. The molecule has 11 heavy (non-hydrogen) atoms. The van der Waals surface area contributed by atoms with Crippen molar-refractivity contribution < 1.29 is 19.7 Å². The van der Waals surface area contributed by atoms with Crippen molar-refractivity contribution in [3.63, 3.8) is 0 Å². The zero-order valence-electron chi connectivity index (χ0n) is 6.17. The SMILES string of the molecule is COC1O[C@@H](CS)[C@H](O)[C@H]1O. The van der Waals surface area contributed by atoms with Crippen LogP contribution in [0.1, 0.15) is 0 Å². The third kappa shape index (κ3) is 1.68. The molecule has 66 valence electrons. The summed E-state index contributed by atoms with van der Waals surface area (Å²) >= 11 is 3.94. The summed E-state index contributed by atoms with van der Waals surface area (Å²) in [6.07, 6.45) is -3.00. The van der Waals surface area contributed by atoms with Crippen LogP contribution in [0, 0.1) is 0 Å². The van der Waals surface area contributed by atoms with Crippen LogP contribution < -0.4 is 0 Å². The lowest BCUT2D eigenvalue weighted by molar-refractivity contribution is -0.145. The second-order valence-corrected chi connectivity index (χ2v) is 2.81. The molecular formula is C6H12O4S. The van der Waals surface area contributed by atoms with Crippen molar-refractivity contribution in [1.29, 1.82) is 0 Å². The number of ether oxygens (including phenoxy) is 2.